The SMILES string of the molecule is C[C@H]1C[S@](=O)C[C@@H](C(=O)O)N1. The number of nitrogens with one attached hydrogen (secondary N) is 1. The normalized spacial score (nSPS) is 38.5. The minimum absolute atomic E-state index is 0.0469. The van der Waals surface area contributed by atoms with E-state index in [1.165, 1.54) is 0 Å². The van der Waals surface area contributed by atoms with E-state index < -0.39 is 22.8 Å². The second-order valence-electron chi connectivity index (χ2n) is 2.73. The van der Waals surface area contributed by atoms with Gasteiger partial charge < -0.3 is 10.4 Å². The van der Waals surface area contributed by atoms with E-state index >= 15 is 0 Å². The summed E-state index contributed by atoms with van der Waals surface area (Å²) in [5, 5.41) is 11.4. The smallest absolute Gasteiger partial charge is 0.321 e. The van der Waals surface area contributed by atoms with Gasteiger partial charge in [-0.1, -0.05) is 0 Å². The largest absolute Gasteiger partial charge is 0.480 e. The molecular formula is C6H11NO3S. The molecule has 2 N–H and O–H groups in total. The third kappa shape index (κ3) is 2.27. The van der Waals surface area contributed by atoms with Crippen molar-refractivity contribution in [2.75, 3.05) is 11.5 Å². The molecule has 4 nitrogen and oxygen atoms in total. The van der Waals surface area contributed by atoms with Crippen molar-refractivity contribution < 1.29 is 14.1 Å². The number of hydrogen-bond donors (Lipinski definition) is 2. The van der Waals surface area contributed by atoms with E-state index in [-0.39, 0.29) is 11.8 Å². The van der Waals surface area contributed by atoms with Crippen LogP contribution < -0.4 is 5.32 Å². The van der Waals surface area contributed by atoms with Crippen LogP contribution in [0.15, 0.2) is 0 Å². The molecule has 1 fully saturated rings. The molecule has 0 aromatic heterocycles. The average molecular weight is 177 g/mol. The highest BCUT2D eigenvalue weighted by Gasteiger charge is 2.27. The topological polar surface area (TPSA) is 66.4 Å². The first-order chi connectivity index (χ1) is 5.09. The molecular weight excluding hydrogens is 166 g/mol. The number of rotatable bonds is 1. The van der Waals surface area contributed by atoms with Gasteiger partial charge in [0.15, 0.2) is 0 Å². The Labute approximate surface area is 67.4 Å². The quantitative estimate of drug-likeness (QED) is 0.549. The number of hydrogen-bond acceptors (Lipinski definition) is 3. The molecule has 11 heavy (non-hydrogen) atoms. The monoisotopic (exact) mass is 177 g/mol. The lowest BCUT2D eigenvalue weighted by Gasteiger charge is -2.24. The summed E-state index contributed by atoms with van der Waals surface area (Å²) in [5.74, 6) is -0.117. The van der Waals surface area contributed by atoms with Gasteiger partial charge in [0.2, 0.25) is 0 Å². The molecule has 0 aliphatic carbocycles. The summed E-state index contributed by atoms with van der Waals surface area (Å²) in [6, 6.07) is -0.578. The highest BCUT2D eigenvalue weighted by molar-refractivity contribution is 7.85. The predicted molar refractivity (Wildman–Crippen MR) is 41.9 cm³/mol. The highest BCUT2D eigenvalue weighted by atomic mass is 32.2. The fourth-order valence-corrected chi connectivity index (χ4v) is 2.52. The molecule has 5 heteroatoms. The van der Waals surface area contributed by atoms with E-state index in [0.29, 0.717) is 5.75 Å². The molecule has 0 bridgehead atoms. The molecule has 0 aromatic carbocycles. The van der Waals surface area contributed by atoms with Crippen molar-refractivity contribution in [2.45, 2.75) is 19.0 Å². The van der Waals surface area contributed by atoms with Gasteiger partial charge in [-0.15, -0.1) is 0 Å². The molecule has 0 spiro atoms. The van der Waals surface area contributed by atoms with E-state index in [1.807, 2.05) is 6.92 Å². The van der Waals surface area contributed by atoms with E-state index in [2.05, 4.69) is 5.32 Å². The molecule has 0 aromatic rings. The van der Waals surface area contributed by atoms with Crippen LogP contribution in [0.25, 0.3) is 0 Å². The molecule has 1 aliphatic rings. The summed E-state index contributed by atoms with van der Waals surface area (Å²) in [7, 11) is -0.964. The Hall–Kier alpha value is -0.420. The van der Waals surface area contributed by atoms with Gasteiger partial charge in [-0.05, 0) is 6.92 Å². The first kappa shape index (κ1) is 8.67. The van der Waals surface area contributed by atoms with Crippen LogP contribution in [0.1, 0.15) is 6.92 Å². The zero-order valence-electron chi connectivity index (χ0n) is 6.24. The summed E-state index contributed by atoms with van der Waals surface area (Å²) in [6.45, 7) is 1.84. The zero-order chi connectivity index (χ0) is 8.43. The Morgan fingerprint density at radius 2 is 2.27 bits per heavy atom. The summed E-state index contributed by atoms with van der Waals surface area (Å²) in [5.41, 5.74) is 0. The Bertz CT molecular complexity index is 194. The van der Waals surface area contributed by atoms with Crippen LogP contribution in [-0.2, 0) is 15.6 Å². The summed E-state index contributed by atoms with van der Waals surface area (Å²) < 4.78 is 11.0. The lowest BCUT2D eigenvalue weighted by molar-refractivity contribution is -0.139. The molecule has 64 valence electrons. The van der Waals surface area contributed by atoms with Crippen LogP contribution in [0.3, 0.4) is 0 Å². The van der Waals surface area contributed by atoms with Gasteiger partial charge in [0.1, 0.15) is 6.04 Å². The van der Waals surface area contributed by atoms with Crippen LogP contribution >= 0.6 is 0 Å². The highest BCUT2D eigenvalue weighted by Crippen LogP contribution is 2.02. The summed E-state index contributed by atoms with van der Waals surface area (Å²) in [6.07, 6.45) is 0. The second-order valence-corrected chi connectivity index (χ2v) is 4.28. The van der Waals surface area contributed by atoms with Gasteiger partial charge in [-0.25, -0.2) is 0 Å². The molecule has 1 saturated heterocycles. The molecule has 1 rings (SSSR count). The van der Waals surface area contributed by atoms with Crippen molar-refractivity contribution in [1.82, 2.24) is 5.32 Å². The van der Waals surface area contributed by atoms with Crippen molar-refractivity contribution in [3.63, 3.8) is 0 Å². The van der Waals surface area contributed by atoms with Crippen molar-refractivity contribution in [3.8, 4) is 0 Å². The van der Waals surface area contributed by atoms with E-state index in [1.54, 1.807) is 0 Å². The second kappa shape index (κ2) is 3.32. The minimum Gasteiger partial charge on any atom is -0.480 e. The number of carbonyl (C=O) groups is 1. The minimum atomic E-state index is -0.964. The summed E-state index contributed by atoms with van der Waals surface area (Å²) >= 11 is 0. The van der Waals surface area contributed by atoms with Crippen molar-refractivity contribution in [3.05, 3.63) is 0 Å². The van der Waals surface area contributed by atoms with Gasteiger partial charge in [-0.3, -0.25) is 9.00 Å². The first-order valence-corrected chi connectivity index (χ1v) is 4.92. The maximum absolute atomic E-state index is 11.0. The zero-order valence-corrected chi connectivity index (χ0v) is 7.06. The Morgan fingerprint density at radius 1 is 1.64 bits per heavy atom. The molecule has 0 amide bonds. The fourth-order valence-electron chi connectivity index (χ4n) is 1.12. The summed E-state index contributed by atoms with van der Waals surface area (Å²) in [4.78, 5) is 10.4. The van der Waals surface area contributed by atoms with Crippen molar-refractivity contribution in [2.24, 2.45) is 0 Å². The maximum atomic E-state index is 11.0. The van der Waals surface area contributed by atoms with Crippen molar-refractivity contribution in [1.29, 1.82) is 0 Å². The van der Waals surface area contributed by atoms with Gasteiger partial charge in [-0.2, -0.15) is 0 Å². The van der Waals surface area contributed by atoms with E-state index in [9.17, 15) is 9.00 Å². The van der Waals surface area contributed by atoms with Crippen molar-refractivity contribution >= 4 is 16.8 Å². The molecule has 1 heterocycles. The van der Waals surface area contributed by atoms with Crippen LogP contribution in [0.4, 0.5) is 0 Å². The van der Waals surface area contributed by atoms with Crippen LogP contribution in [0, 0.1) is 0 Å². The number of carboxylic acid groups (broad SMARTS) is 1. The van der Waals surface area contributed by atoms with Gasteiger partial charge in [0.25, 0.3) is 0 Å². The standard InChI is InChI=1S/C6H11NO3S/c1-4-2-11(10)3-5(7-4)6(8)9/h4-5,7H,2-3H2,1H3,(H,8,9)/t4-,5-,11-/m0/s1. The molecule has 3 atom stereocenters. The Balaban J connectivity index is 2.56. The fraction of sp³-hybridized carbons (Fsp3) is 0.833. The van der Waals surface area contributed by atoms with E-state index in [4.69, 9.17) is 5.11 Å². The van der Waals surface area contributed by atoms with Crippen LogP contribution in [0.2, 0.25) is 0 Å². The lowest BCUT2D eigenvalue weighted by atomic mass is 10.3. The number of carboxylic acids is 1. The van der Waals surface area contributed by atoms with Gasteiger partial charge in [0, 0.05) is 28.3 Å². The molecule has 0 saturated carbocycles. The third-order valence-electron chi connectivity index (χ3n) is 1.57. The average Bonchev–Trinajstić information content (AvgIpc) is 1.85. The Morgan fingerprint density at radius 3 is 2.73 bits per heavy atom. The molecule has 1 aliphatic heterocycles. The molecule has 0 unspecified atom stereocenters. The lowest BCUT2D eigenvalue weighted by Crippen LogP contribution is -2.52. The molecule has 0 radical (unpaired) electrons. The maximum Gasteiger partial charge on any atom is 0.321 e. The number of aliphatic carboxylic acids is 1. The van der Waals surface area contributed by atoms with E-state index in [0.717, 1.165) is 0 Å². The Kier molecular flexibility index (Phi) is 2.62. The third-order valence-corrected chi connectivity index (χ3v) is 3.15. The predicted octanol–water partition coefficient (Wildman–Crippen LogP) is -0.820. The first-order valence-electron chi connectivity index (χ1n) is 3.43. The van der Waals surface area contributed by atoms with Crippen LogP contribution in [-0.4, -0.2) is 38.9 Å². The van der Waals surface area contributed by atoms with Gasteiger partial charge >= 0.3 is 5.97 Å². The van der Waals surface area contributed by atoms with Crippen LogP contribution in [0.5, 0.6) is 0 Å². The van der Waals surface area contributed by atoms with Gasteiger partial charge in [0.05, 0.1) is 0 Å².